The van der Waals surface area contributed by atoms with Crippen molar-refractivity contribution < 1.29 is 14.4 Å². The van der Waals surface area contributed by atoms with Crippen molar-refractivity contribution in [2.24, 2.45) is 0 Å². The van der Waals surface area contributed by atoms with Gasteiger partial charge in [0.25, 0.3) is 5.56 Å². The van der Waals surface area contributed by atoms with Gasteiger partial charge >= 0.3 is 5.69 Å². The van der Waals surface area contributed by atoms with Gasteiger partial charge < -0.3 is 9.47 Å². The highest BCUT2D eigenvalue weighted by molar-refractivity contribution is 5.97. The van der Waals surface area contributed by atoms with Gasteiger partial charge in [-0.15, -0.1) is 0 Å². The number of benzene rings is 2. The molecule has 0 aliphatic rings. The van der Waals surface area contributed by atoms with Gasteiger partial charge in [0.1, 0.15) is 23.7 Å². The van der Waals surface area contributed by atoms with Crippen LogP contribution in [-0.4, -0.2) is 23.7 Å². The first kappa shape index (κ1) is 17.9. The lowest BCUT2D eigenvalue weighted by atomic mass is 10.0. The standard InChI is InChI=1S/C19H15N3O5/c1-26-13-5-3-12(4-6-13)17-18(22(24)25)15-8-7-14(27-2)11-16(15)19(23)21(17)10-9-20/h3-8,11H,10H2,1-2H3. The first-order valence-electron chi connectivity index (χ1n) is 7.92. The van der Waals surface area contributed by atoms with E-state index in [1.165, 1.54) is 26.4 Å². The van der Waals surface area contributed by atoms with Gasteiger partial charge in [0.2, 0.25) is 0 Å². The average molecular weight is 365 g/mol. The zero-order valence-corrected chi connectivity index (χ0v) is 14.6. The Morgan fingerprint density at radius 3 is 2.26 bits per heavy atom. The molecule has 0 amide bonds. The second-order valence-corrected chi connectivity index (χ2v) is 5.64. The Labute approximate surface area is 153 Å². The van der Waals surface area contributed by atoms with E-state index < -0.39 is 10.5 Å². The number of aromatic nitrogens is 1. The summed E-state index contributed by atoms with van der Waals surface area (Å²) in [5.74, 6) is 0.968. The summed E-state index contributed by atoms with van der Waals surface area (Å²) in [5, 5.41) is 21.4. The van der Waals surface area contributed by atoms with Gasteiger partial charge in [-0.2, -0.15) is 5.26 Å². The first-order valence-corrected chi connectivity index (χ1v) is 7.92. The normalized spacial score (nSPS) is 10.4. The van der Waals surface area contributed by atoms with Crippen LogP contribution in [-0.2, 0) is 6.54 Å². The van der Waals surface area contributed by atoms with Gasteiger partial charge in [-0.25, -0.2) is 0 Å². The van der Waals surface area contributed by atoms with E-state index in [9.17, 15) is 20.2 Å². The Bertz CT molecular complexity index is 1130. The smallest absolute Gasteiger partial charge is 0.301 e. The number of rotatable bonds is 5. The van der Waals surface area contributed by atoms with Crippen molar-refractivity contribution in [2.75, 3.05) is 14.2 Å². The third-order valence-corrected chi connectivity index (χ3v) is 4.23. The van der Waals surface area contributed by atoms with Crippen LogP contribution in [0.3, 0.4) is 0 Å². The molecule has 0 fully saturated rings. The molecule has 0 aliphatic carbocycles. The second kappa shape index (κ2) is 7.17. The monoisotopic (exact) mass is 365 g/mol. The third kappa shape index (κ3) is 3.06. The molecule has 0 radical (unpaired) electrons. The Hall–Kier alpha value is -3.86. The minimum Gasteiger partial charge on any atom is -0.497 e. The number of fused-ring (bicyclic) bond motifs is 1. The number of nitrogens with zero attached hydrogens (tertiary/aromatic N) is 3. The minimum atomic E-state index is -0.540. The maximum atomic E-state index is 13.0. The molecule has 27 heavy (non-hydrogen) atoms. The van der Waals surface area contributed by atoms with Gasteiger partial charge in [0.15, 0.2) is 0 Å². The van der Waals surface area contributed by atoms with Crippen LogP contribution in [0, 0.1) is 21.4 Å². The molecule has 2 aromatic carbocycles. The summed E-state index contributed by atoms with van der Waals surface area (Å²) in [4.78, 5) is 24.4. The number of hydrogen-bond acceptors (Lipinski definition) is 6. The van der Waals surface area contributed by atoms with Crippen molar-refractivity contribution in [3.63, 3.8) is 0 Å². The van der Waals surface area contributed by atoms with Crippen LogP contribution in [0.5, 0.6) is 11.5 Å². The van der Waals surface area contributed by atoms with E-state index in [0.29, 0.717) is 17.1 Å². The quantitative estimate of drug-likeness (QED) is 0.508. The van der Waals surface area contributed by atoms with Crippen molar-refractivity contribution in [2.45, 2.75) is 6.54 Å². The topological polar surface area (TPSA) is 107 Å². The lowest BCUT2D eigenvalue weighted by Gasteiger charge is -2.14. The summed E-state index contributed by atoms with van der Waals surface area (Å²) in [6.45, 7) is -0.325. The molecule has 0 saturated heterocycles. The van der Waals surface area contributed by atoms with Gasteiger partial charge in [-0.1, -0.05) is 0 Å². The fourth-order valence-electron chi connectivity index (χ4n) is 2.98. The molecule has 0 N–H and O–H groups in total. The molecule has 0 bridgehead atoms. The fraction of sp³-hybridized carbons (Fsp3) is 0.158. The molecular formula is C19H15N3O5. The van der Waals surface area contributed by atoms with E-state index in [-0.39, 0.29) is 28.7 Å². The Kier molecular flexibility index (Phi) is 4.77. The van der Waals surface area contributed by atoms with Crippen LogP contribution in [0.1, 0.15) is 0 Å². The number of ether oxygens (including phenoxy) is 2. The molecule has 0 spiro atoms. The summed E-state index contributed by atoms with van der Waals surface area (Å²) >= 11 is 0. The maximum absolute atomic E-state index is 13.0. The Morgan fingerprint density at radius 2 is 1.70 bits per heavy atom. The van der Waals surface area contributed by atoms with Crippen LogP contribution in [0.4, 0.5) is 5.69 Å². The van der Waals surface area contributed by atoms with E-state index in [2.05, 4.69) is 0 Å². The highest BCUT2D eigenvalue weighted by Gasteiger charge is 2.26. The lowest BCUT2D eigenvalue weighted by Crippen LogP contribution is -2.23. The van der Waals surface area contributed by atoms with Gasteiger partial charge in [0, 0.05) is 5.56 Å². The van der Waals surface area contributed by atoms with E-state index in [1.54, 1.807) is 30.3 Å². The lowest BCUT2D eigenvalue weighted by molar-refractivity contribution is -0.382. The number of nitriles is 1. The number of pyridine rings is 1. The molecule has 0 unspecified atom stereocenters. The molecular weight excluding hydrogens is 350 g/mol. The number of methoxy groups -OCH3 is 2. The molecule has 8 heteroatoms. The van der Waals surface area contributed by atoms with E-state index in [1.807, 2.05) is 6.07 Å². The van der Waals surface area contributed by atoms with Crippen molar-refractivity contribution in [1.29, 1.82) is 5.26 Å². The van der Waals surface area contributed by atoms with Crippen LogP contribution < -0.4 is 15.0 Å². The molecule has 0 saturated carbocycles. The largest absolute Gasteiger partial charge is 0.497 e. The van der Waals surface area contributed by atoms with Gasteiger partial charge in [-0.3, -0.25) is 19.5 Å². The zero-order chi connectivity index (χ0) is 19.6. The maximum Gasteiger partial charge on any atom is 0.301 e. The summed E-state index contributed by atoms with van der Waals surface area (Å²) < 4.78 is 11.3. The van der Waals surface area contributed by atoms with Crippen LogP contribution in [0.15, 0.2) is 47.3 Å². The molecule has 1 heterocycles. The van der Waals surface area contributed by atoms with Crippen molar-refractivity contribution in [3.8, 4) is 28.8 Å². The van der Waals surface area contributed by atoms with E-state index in [4.69, 9.17) is 9.47 Å². The van der Waals surface area contributed by atoms with E-state index >= 15 is 0 Å². The molecule has 3 aromatic rings. The van der Waals surface area contributed by atoms with Crippen molar-refractivity contribution >= 4 is 16.5 Å². The van der Waals surface area contributed by atoms with Crippen LogP contribution >= 0.6 is 0 Å². The SMILES string of the molecule is COc1ccc(-c2c([N+](=O)[O-])c3ccc(OC)cc3c(=O)n2CC#N)cc1. The predicted octanol–water partition coefficient (Wildman–Crippen LogP) is 3.12. The fourth-order valence-corrected chi connectivity index (χ4v) is 2.98. The van der Waals surface area contributed by atoms with Crippen LogP contribution in [0.2, 0.25) is 0 Å². The third-order valence-electron chi connectivity index (χ3n) is 4.23. The molecule has 0 atom stereocenters. The highest BCUT2D eigenvalue weighted by atomic mass is 16.6. The summed E-state index contributed by atoms with van der Waals surface area (Å²) in [6.07, 6.45) is 0. The Morgan fingerprint density at radius 1 is 1.07 bits per heavy atom. The number of hydrogen-bond donors (Lipinski definition) is 0. The predicted molar refractivity (Wildman–Crippen MR) is 99.0 cm³/mol. The van der Waals surface area contributed by atoms with Gasteiger partial charge in [0.05, 0.1) is 36.0 Å². The summed E-state index contributed by atoms with van der Waals surface area (Å²) in [7, 11) is 2.95. The summed E-state index contributed by atoms with van der Waals surface area (Å²) in [6, 6.07) is 12.9. The molecule has 0 aliphatic heterocycles. The average Bonchev–Trinajstić information content (AvgIpc) is 2.69. The zero-order valence-electron chi connectivity index (χ0n) is 14.6. The van der Waals surface area contributed by atoms with Gasteiger partial charge in [-0.05, 0) is 42.5 Å². The molecule has 136 valence electrons. The molecule has 3 rings (SSSR count). The number of nitro groups is 1. The first-order chi connectivity index (χ1) is 13.0. The minimum absolute atomic E-state index is 0.0758. The van der Waals surface area contributed by atoms with Crippen LogP contribution in [0.25, 0.3) is 22.0 Å². The van der Waals surface area contributed by atoms with E-state index in [0.717, 1.165) is 4.57 Å². The highest BCUT2D eigenvalue weighted by Crippen LogP contribution is 2.36. The summed E-state index contributed by atoms with van der Waals surface area (Å²) in [5.41, 5.74) is -0.228. The Balaban J connectivity index is 2.47. The molecule has 8 nitrogen and oxygen atoms in total. The van der Waals surface area contributed by atoms with Crippen molar-refractivity contribution in [3.05, 3.63) is 62.9 Å². The van der Waals surface area contributed by atoms with Crippen molar-refractivity contribution in [1.82, 2.24) is 4.57 Å². The second-order valence-electron chi connectivity index (χ2n) is 5.64. The molecule has 1 aromatic heterocycles.